The molecule has 0 saturated carbocycles. The summed E-state index contributed by atoms with van der Waals surface area (Å²) in [5, 5.41) is 3.58. The van der Waals surface area contributed by atoms with Gasteiger partial charge in [0.2, 0.25) is 0 Å². The molecule has 18 heavy (non-hydrogen) atoms. The molecule has 0 aromatic heterocycles. The maximum absolute atomic E-state index is 3.58. The zero-order valence-electron chi connectivity index (χ0n) is 13.5. The van der Waals surface area contributed by atoms with Gasteiger partial charge in [0.15, 0.2) is 0 Å². The van der Waals surface area contributed by atoms with Gasteiger partial charge in [0.1, 0.15) is 0 Å². The van der Waals surface area contributed by atoms with Crippen molar-refractivity contribution in [3.05, 3.63) is 0 Å². The smallest absolute Gasteiger partial charge is 0.00191 e. The first-order valence-electron chi connectivity index (χ1n) is 8.03. The highest BCUT2D eigenvalue weighted by atomic mass is 15.1. The van der Waals surface area contributed by atoms with E-state index in [9.17, 15) is 0 Å². The topological polar surface area (TPSA) is 15.3 Å². The van der Waals surface area contributed by atoms with Crippen molar-refractivity contribution >= 4 is 0 Å². The van der Waals surface area contributed by atoms with Crippen LogP contribution in [0.15, 0.2) is 0 Å². The van der Waals surface area contributed by atoms with E-state index in [0.29, 0.717) is 0 Å². The largest absolute Gasteiger partial charge is 0.316 e. The Balaban J connectivity index is 3.81. The van der Waals surface area contributed by atoms with Gasteiger partial charge >= 0.3 is 0 Å². The fraction of sp³-hybridized carbons (Fsp3) is 1.00. The maximum Gasteiger partial charge on any atom is 0.00191 e. The zero-order chi connectivity index (χ0) is 13.8. The van der Waals surface area contributed by atoms with E-state index in [4.69, 9.17) is 0 Å². The minimum atomic E-state index is 0.758. The molecule has 1 N–H and O–H groups in total. The summed E-state index contributed by atoms with van der Waals surface area (Å²) in [7, 11) is 0. The predicted molar refractivity (Wildman–Crippen MR) is 83.1 cm³/mol. The summed E-state index contributed by atoms with van der Waals surface area (Å²) in [5.41, 5.74) is 0. The molecule has 0 amide bonds. The van der Waals surface area contributed by atoms with Crippen molar-refractivity contribution in [2.75, 3.05) is 32.7 Å². The van der Waals surface area contributed by atoms with Gasteiger partial charge in [-0.2, -0.15) is 0 Å². The summed E-state index contributed by atoms with van der Waals surface area (Å²) in [4.78, 5) is 2.66. The van der Waals surface area contributed by atoms with Crippen molar-refractivity contribution in [1.82, 2.24) is 10.2 Å². The summed E-state index contributed by atoms with van der Waals surface area (Å²) in [5.74, 6) is 1.52. The predicted octanol–water partition coefficient (Wildman–Crippen LogP) is 3.77. The summed E-state index contributed by atoms with van der Waals surface area (Å²) in [6.07, 6.45) is 5.30. The summed E-state index contributed by atoms with van der Waals surface area (Å²) in [6, 6.07) is 0. The van der Waals surface area contributed by atoms with Gasteiger partial charge in [0.05, 0.1) is 0 Å². The van der Waals surface area contributed by atoms with Crippen molar-refractivity contribution in [1.29, 1.82) is 0 Å². The highest BCUT2D eigenvalue weighted by molar-refractivity contribution is 4.65. The van der Waals surface area contributed by atoms with Gasteiger partial charge in [0.25, 0.3) is 0 Å². The molecular weight excluding hydrogens is 220 g/mol. The lowest BCUT2D eigenvalue weighted by Gasteiger charge is -2.26. The Morgan fingerprint density at radius 3 is 1.89 bits per heavy atom. The first-order chi connectivity index (χ1) is 8.60. The molecule has 0 bridgehead atoms. The molecule has 0 spiro atoms. The molecule has 0 aliphatic rings. The molecule has 0 aromatic carbocycles. The van der Waals surface area contributed by atoms with Gasteiger partial charge in [-0.15, -0.1) is 0 Å². The number of hydrogen-bond acceptors (Lipinski definition) is 2. The molecule has 0 radical (unpaired) electrons. The van der Waals surface area contributed by atoms with Gasteiger partial charge in [0, 0.05) is 6.54 Å². The summed E-state index contributed by atoms with van der Waals surface area (Å²) >= 11 is 0. The Hall–Kier alpha value is -0.0800. The molecular formula is C16H36N2. The third-order valence-corrected chi connectivity index (χ3v) is 3.27. The molecule has 110 valence electrons. The fourth-order valence-electron chi connectivity index (χ4n) is 2.18. The second-order valence-corrected chi connectivity index (χ2v) is 6.16. The van der Waals surface area contributed by atoms with Crippen LogP contribution >= 0.6 is 0 Å². The first-order valence-corrected chi connectivity index (χ1v) is 8.03. The van der Waals surface area contributed by atoms with E-state index in [1.165, 1.54) is 45.3 Å². The molecule has 0 fully saturated rings. The molecule has 2 heteroatoms. The van der Waals surface area contributed by atoms with Crippen molar-refractivity contribution in [3.63, 3.8) is 0 Å². The molecule has 0 heterocycles. The van der Waals surface area contributed by atoms with Crippen molar-refractivity contribution in [2.45, 2.75) is 60.3 Å². The van der Waals surface area contributed by atoms with Crippen LogP contribution in [0.4, 0.5) is 0 Å². The second-order valence-electron chi connectivity index (χ2n) is 6.16. The van der Waals surface area contributed by atoms with Gasteiger partial charge < -0.3 is 10.2 Å². The highest BCUT2D eigenvalue weighted by Crippen LogP contribution is 2.04. The molecule has 0 aliphatic carbocycles. The van der Waals surface area contributed by atoms with E-state index in [0.717, 1.165) is 24.9 Å². The van der Waals surface area contributed by atoms with Crippen LogP contribution in [-0.2, 0) is 0 Å². The molecule has 1 atom stereocenters. The summed E-state index contributed by atoms with van der Waals surface area (Å²) in [6.45, 7) is 17.6. The number of unbranched alkanes of at least 4 members (excludes halogenated alkanes) is 2. The maximum atomic E-state index is 3.58. The van der Waals surface area contributed by atoms with Crippen molar-refractivity contribution < 1.29 is 0 Å². The third kappa shape index (κ3) is 11.0. The lowest BCUT2D eigenvalue weighted by Crippen LogP contribution is -2.35. The Labute approximate surface area is 116 Å². The van der Waals surface area contributed by atoms with E-state index >= 15 is 0 Å². The number of hydrogen-bond donors (Lipinski definition) is 1. The van der Waals surface area contributed by atoms with Gasteiger partial charge in [-0.3, -0.25) is 0 Å². The number of rotatable bonds is 12. The highest BCUT2D eigenvalue weighted by Gasteiger charge is 2.09. The number of nitrogens with one attached hydrogen (secondary N) is 1. The van der Waals surface area contributed by atoms with E-state index < -0.39 is 0 Å². The minimum absolute atomic E-state index is 0.758. The van der Waals surface area contributed by atoms with Crippen LogP contribution in [0.5, 0.6) is 0 Å². The van der Waals surface area contributed by atoms with Gasteiger partial charge in [-0.1, -0.05) is 47.5 Å². The lowest BCUT2D eigenvalue weighted by molar-refractivity contribution is 0.227. The normalized spacial score (nSPS) is 13.5. The first kappa shape index (κ1) is 17.9. The average Bonchev–Trinajstić information content (AvgIpc) is 2.32. The van der Waals surface area contributed by atoms with Crippen molar-refractivity contribution in [2.24, 2.45) is 11.8 Å². The Morgan fingerprint density at radius 1 is 0.889 bits per heavy atom. The van der Waals surface area contributed by atoms with E-state index in [1.54, 1.807) is 0 Å². The van der Waals surface area contributed by atoms with E-state index in [2.05, 4.69) is 44.8 Å². The molecule has 0 aliphatic heterocycles. The van der Waals surface area contributed by atoms with Crippen LogP contribution in [0.3, 0.4) is 0 Å². The van der Waals surface area contributed by atoms with Gasteiger partial charge in [-0.05, 0) is 50.9 Å². The Kier molecular flexibility index (Phi) is 11.9. The van der Waals surface area contributed by atoms with Crippen LogP contribution in [0.2, 0.25) is 0 Å². The molecule has 0 saturated heterocycles. The van der Waals surface area contributed by atoms with Gasteiger partial charge in [-0.25, -0.2) is 0 Å². The van der Waals surface area contributed by atoms with Crippen molar-refractivity contribution in [3.8, 4) is 0 Å². The lowest BCUT2D eigenvalue weighted by atomic mass is 10.1. The Morgan fingerprint density at radius 2 is 1.44 bits per heavy atom. The monoisotopic (exact) mass is 256 g/mol. The Bertz CT molecular complexity index is 160. The summed E-state index contributed by atoms with van der Waals surface area (Å²) < 4.78 is 0. The standard InChI is InChI=1S/C16H36N2/c1-6-8-10-18(11-9-7-2)14-16(5)13-17-12-15(3)4/h15-17H,6-14H2,1-5H3. The zero-order valence-corrected chi connectivity index (χ0v) is 13.5. The number of nitrogens with zero attached hydrogens (tertiary/aromatic N) is 1. The quantitative estimate of drug-likeness (QED) is 0.572. The fourth-order valence-corrected chi connectivity index (χ4v) is 2.18. The third-order valence-electron chi connectivity index (χ3n) is 3.27. The second kappa shape index (κ2) is 12.0. The van der Waals surface area contributed by atoms with E-state index in [-0.39, 0.29) is 0 Å². The van der Waals surface area contributed by atoms with Crippen LogP contribution in [0.1, 0.15) is 60.3 Å². The molecule has 1 unspecified atom stereocenters. The van der Waals surface area contributed by atoms with Crippen LogP contribution < -0.4 is 5.32 Å². The minimum Gasteiger partial charge on any atom is -0.316 e. The van der Waals surface area contributed by atoms with Crippen LogP contribution in [0.25, 0.3) is 0 Å². The van der Waals surface area contributed by atoms with E-state index in [1.807, 2.05) is 0 Å². The molecule has 0 aromatic rings. The van der Waals surface area contributed by atoms with Crippen LogP contribution in [-0.4, -0.2) is 37.6 Å². The molecule has 2 nitrogen and oxygen atoms in total. The molecule has 0 rings (SSSR count). The van der Waals surface area contributed by atoms with Crippen LogP contribution in [0, 0.1) is 11.8 Å². The SMILES string of the molecule is CCCCN(CCCC)CC(C)CNCC(C)C. The average molecular weight is 256 g/mol.